The van der Waals surface area contributed by atoms with Gasteiger partial charge in [0.15, 0.2) is 23.2 Å². The van der Waals surface area contributed by atoms with Crippen molar-refractivity contribution >= 4 is 27.0 Å². The van der Waals surface area contributed by atoms with Crippen LogP contribution in [0, 0.1) is 0 Å². The third kappa shape index (κ3) is 7.97. The van der Waals surface area contributed by atoms with E-state index >= 15 is 0 Å². The van der Waals surface area contributed by atoms with Gasteiger partial charge in [0.25, 0.3) is 0 Å². The first kappa shape index (κ1) is 33.4. The first-order chi connectivity index (χ1) is 22.7. The summed E-state index contributed by atoms with van der Waals surface area (Å²) in [5.41, 5.74) is 3.29. The van der Waals surface area contributed by atoms with Crippen LogP contribution in [0.15, 0.2) is 67.0 Å². The molecular formula is C33H43N7O6S. The zero-order valence-corrected chi connectivity index (χ0v) is 27.4. The van der Waals surface area contributed by atoms with Crippen molar-refractivity contribution in [1.29, 1.82) is 0 Å². The van der Waals surface area contributed by atoms with Crippen LogP contribution in [0.25, 0.3) is 11.2 Å². The van der Waals surface area contributed by atoms with Gasteiger partial charge in [-0.3, -0.25) is 4.57 Å². The summed E-state index contributed by atoms with van der Waals surface area (Å²) >= 11 is 0. The topological polar surface area (TPSA) is 173 Å². The lowest BCUT2D eigenvalue weighted by Crippen LogP contribution is -2.41. The Morgan fingerprint density at radius 3 is 2.21 bits per heavy atom. The molecule has 0 amide bonds. The first-order valence-corrected chi connectivity index (χ1v) is 17.9. The zero-order chi connectivity index (χ0) is 33.0. The fourth-order valence-corrected chi connectivity index (χ4v) is 7.40. The smallest absolute Gasteiger partial charge is 0.208 e. The van der Waals surface area contributed by atoms with Gasteiger partial charge in [0.1, 0.15) is 24.1 Å². The third-order valence-electron chi connectivity index (χ3n) is 8.94. The van der Waals surface area contributed by atoms with E-state index in [4.69, 9.17) is 19.4 Å². The lowest BCUT2D eigenvalue weighted by molar-refractivity contribution is -0.0580. The molecule has 2 aromatic heterocycles. The molecule has 1 aliphatic heterocycles. The van der Waals surface area contributed by atoms with Gasteiger partial charge >= 0.3 is 0 Å². The molecule has 3 heterocycles. The number of anilines is 1. The summed E-state index contributed by atoms with van der Waals surface area (Å²) in [6, 6.07) is 20.7. The number of nitrogens with one attached hydrogen (secondary N) is 3. The number of sulfonamides is 1. The molecule has 0 spiro atoms. The fourth-order valence-electron chi connectivity index (χ4n) is 6.56. The van der Waals surface area contributed by atoms with Crippen molar-refractivity contribution in [1.82, 2.24) is 29.6 Å². The van der Waals surface area contributed by atoms with E-state index in [0.717, 1.165) is 36.8 Å². The van der Waals surface area contributed by atoms with E-state index in [2.05, 4.69) is 44.6 Å². The van der Waals surface area contributed by atoms with E-state index < -0.39 is 34.6 Å². The molecule has 1 aliphatic carbocycles. The highest BCUT2D eigenvalue weighted by Gasteiger charge is 2.44. The van der Waals surface area contributed by atoms with Gasteiger partial charge in [0.05, 0.1) is 25.7 Å². The van der Waals surface area contributed by atoms with E-state index in [-0.39, 0.29) is 24.6 Å². The molecule has 13 nitrogen and oxygen atoms in total. The number of imidazole rings is 1. The summed E-state index contributed by atoms with van der Waals surface area (Å²) in [6.45, 7) is 1.03. The van der Waals surface area contributed by atoms with Crippen molar-refractivity contribution in [3.05, 3.63) is 83.9 Å². The number of methoxy groups -OCH3 is 1. The largest absolute Gasteiger partial charge is 0.387 e. The molecule has 6 rings (SSSR count). The molecule has 4 atom stereocenters. The van der Waals surface area contributed by atoms with Crippen LogP contribution in [0.2, 0.25) is 0 Å². The molecule has 14 heteroatoms. The number of aliphatic hydroxyl groups excluding tert-OH is 2. The van der Waals surface area contributed by atoms with E-state index in [0.29, 0.717) is 35.9 Å². The van der Waals surface area contributed by atoms with Crippen LogP contribution in [-0.2, 0) is 26.0 Å². The lowest BCUT2D eigenvalue weighted by Gasteiger charge is -2.29. The Morgan fingerprint density at radius 1 is 0.957 bits per heavy atom. The summed E-state index contributed by atoms with van der Waals surface area (Å²) in [7, 11) is -1.73. The summed E-state index contributed by atoms with van der Waals surface area (Å²) < 4.78 is 38.9. The van der Waals surface area contributed by atoms with Crippen LogP contribution < -0.4 is 15.4 Å². The second-order valence-electron chi connectivity index (χ2n) is 12.4. The summed E-state index contributed by atoms with van der Waals surface area (Å²) in [5.74, 6) is 1.10. The predicted octanol–water partition coefficient (Wildman–Crippen LogP) is 2.29. The molecule has 2 aliphatic rings. The van der Waals surface area contributed by atoms with Crippen LogP contribution in [0.4, 0.5) is 5.82 Å². The number of benzene rings is 2. The molecule has 2 fully saturated rings. The Balaban J connectivity index is 1.27. The van der Waals surface area contributed by atoms with Crippen molar-refractivity contribution in [2.24, 2.45) is 0 Å². The van der Waals surface area contributed by atoms with Gasteiger partial charge in [-0.05, 0) is 36.8 Å². The maximum absolute atomic E-state index is 11.7. The second kappa shape index (κ2) is 14.7. The number of aromatic nitrogens is 4. The van der Waals surface area contributed by atoms with Gasteiger partial charge in [0, 0.05) is 31.7 Å². The van der Waals surface area contributed by atoms with Gasteiger partial charge in [-0.15, -0.1) is 0 Å². The Morgan fingerprint density at radius 2 is 1.60 bits per heavy atom. The van der Waals surface area contributed by atoms with Gasteiger partial charge in [-0.2, -0.15) is 0 Å². The van der Waals surface area contributed by atoms with Gasteiger partial charge in [0.2, 0.25) is 10.0 Å². The lowest BCUT2D eigenvalue weighted by atomic mass is 9.91. The first-order valence-electron chi connectivity index (χ1n) is 16.0. The Labute approximate surface area is 274 Å². The maximum atomic E-state index is 11.7. The monoisotopic (exact) mass is 665 g/mol. The molecule has 0 unspecified atom stereocenters. The quantitative estimate of drug-likeness (QED) is 0.142. The van der Waals surface area contributed by atoms with Crippen LogP contribution in [-0.4, -0.2) is 95.1 Å². The number of rotatable bonds is 13. The molecule has 1 saturated carbocycles. The van der Waals surface area contributed by atoms with Crippen molar-refractivity contribution in [2.75, 3.05) is 31.8 Å². The van der Waals surface area contributed by atoms with Crippen LogP contribution >= 0.6 is 0 Å². The number of ether oxygens (including phenoxy) is 2. The van der Waals surface area contributed by atoms with Gasteiger partial charge in [-0.1, -0.05) is 60.7 Å². The molecular weight excluding hydrogens is 622 g/mol. The summed E-state index contributed by atoms with van der Waals surface area (Å²) in [6.07, 6.45) is 1.89. The average Bonchev–Trinajstić information content (AvgIpc) is 3.61. The molecule has 0 bridgehead atoms. The SMILES string of the molecule is COC[C@H]1O[C@@H](n2cnc3c(NCC(c4ccccc4)c4ccccc4)nc(CN[C@H]4CC[C@H](NS(C)(=O)=O)CC4)nc32)[C@H](O)[C@@H]1O. The van der Waals surface area contributed by atoms with Crippen molar-refractivity contribution in [3.8, 4) is 0 Å². The second-order valence-corrected chi connectivity index (χ2v) is 14.2. The normalized spacial score (nSPS) is 25.0. The fraction of sp³-hybridized carbons (Fsp3) is 0.485. The maximum Gasteiger partial charge on any atom is 0.208 e. The molecule has 5 N–H and O–H groups in total. The number of fused-ring (bicyclic) bond motifs is 1. The van der Waals surface area contributed by atoms with Crippen LogP contribution in [0.3, 0.4) is 0 Å². The van der Waals surface area contributed by atoms with Gasteiger partial charge < -0.3 is 30.3 Å². The average molecular weight is 666 g/mol. The van der Waals surface area contributed by atoms with E-state index in [1.165, 1.54) is 13.4 Å². The highest BCUT2D eigenvalue weighted by Crippen LogP contribution is 2.33. The number of aliphatic hydroxyl groups is 2. The predicted molar refractivity (Wildman–Crippen MR) is 177 cm³/mol. The zero-order valence-electron chi connectivity index (χ0n) is 26.6. The molecule has 4 aromatic rings. The van der Waals surface area contributed by atoms with E-state index in [1.807, 2.05) is 36.4 Å². The molecule has 47 heavy (non-hydrogen) atoms. The Hall–Kier alpha value is -3.50. The number of hydrogen-bond acceptors (Lipinski definition) is 11. The van der Waals surface area contributed by atoms with Gasteiger partial charge in [-0.25, -0.2) is 28.1 Å². The molecule has 1 saturated heterocycles. The Bertz CT molecular complexity index is 1680. The molecule has 0 radical (unpaired) electrons. The van der Waals surface area contributed by atoms with Crippen LogP contribution in [0.5, 0.6) is 0 Å². The summed E-state index contributed by atoms with van der Waals surface area (Å²) in [5, 5.41) is 28.7. The number of hydrogen-bond donors (Lipinski definition) is 5. The van der Waals surface area contributed by atoms with Crippen molar-refractivity contribution in [2.45, 2.75) is 74.8 Å². The van der Waals surface area contributed by atoms with Crippen molar-refractivity contribution in [3.63, 3.8) is 0 Å². The van der Waals surface area contributed by atoms with E-state index in [9.17, 15) is 18.6 Å². The Kier molecular flexibility index (Phi) is 10.5. The number of nitrogens with zero attached hydrogens (tertiary/aromatic N) is 4. The standard InChI is InChI=1S/C33H43N7O6S/c1-45-19-26-29(41)30(42)33(46-26)40-20-36-28-31(35-17-25(21-9-5-3-6-10-21)22-11-7-4-8-12-22)37-27(38-32(28)40)18-34-23-13-15-24(16-14-23)39-47(2,43)44/h3-12,20,23-26,29-30,33-34,39,41-42H,13-19H2,1-2H3,(H,35,37,38)/t23-,24-,26-,29-,30-,33-/m1/s1. The van der Waals surface area contributed by atoms with Crippen molar-refractivity contribution < 1.29 is 28.1 Å². The van der Waals surface area contributed by atoms with Crippen LogP contribution in [0.1, 0.15) is 54.8 Å². The molecule has 2 aromatic carbocycles. The molecule has 252 valence electrons. The highest BCUT2D eigenvalue weighted by molar-refractivity contribution is 7.88. The van der Waals surface area contributed by atoms with E-state index in [1.54, 1.807) is 10.9 Å². The highest BCUT2D eigenvalue weighted by atomic mass is 32.2. The third-order valence-corrected chi connectivity index (χ3v) is 9.71. The minimum absolute atomic E-state index is 0.0340. The minimum Gasteiger partial charge on any atom is -0.387 e. The summed E-state index contributed by atoms with van der Waals surface area (Å²) in [4.78, 5) is 14.4. The minimum atomic E-state index is -3.25.